The SMILES string of the molecule is CCC1(C(=O)O)CCN(C(=O)NC2CCN(C3CC3)C2)C1. The van der Waals surface area contributed by atoms with Crippen molar-refractivity contribution in [1.82, 2.24) is 15.1 Å². The zero-order valence-corrected chi connectivity index (χ0v) is 12.7. The molecule has 3 fully saturated rings. The molecule has 2 N–H and O–H groups in total. The topological polar surface area (TPSA) is 72.9 Å². The smallest absolute Gasteiger partial charge is 0.317 e. The number of carbonyl (C=O) groups excluding carboxylic acids is 1. The monoisotopic (exact) mass is 295 g/mol. The summed E-state index contributed by atoms with van der Waals surface area (Å²) in [5.74, 6) is -0.777. The minimum absolute atomic E-state index is 0.0887. The average Bonchev–Trinajstić information content (AvgIpc) is 3.03. The number of carboxylic acid groups (broad SMARTS) is 1. The van der Waals surface area contributed by atoms with Crippen LogP contribution in [0.3, 0.4) is 0 Å². The quantitative estimate of drug-likeness (QED) is 0.815. The summed E-state index contributed by atoms with van der Waals surface area (Å²) in [4.78, 5) is 27.9. The number of hydrogen-bond acceptors (Lipinski definition) is 3. The molecule has 2 saturated heterocycles. The van der Waals surface area contributed by atoms with Crippen LogP contribution >= 0.6 is 0 Å². The summed E-state index contributed by atoms with van der Waals surface area (Å²) in [6.07, 6.45) is 4.74. The highest BCUT2D eigenvalue weighted by Gasteiger charge is 2.45. The van der Waals surface area contributed by atoms with Crippen molar-refractivity contribution in [3.63, 3.8) is 0 Å². The van der Waals surface area contributed by atoms with Crippen LogP contribution in [0.2, 0.25) is 0 Å². The van der Waals surface area contributed by atoms with Crippen molar-refractivity contribution < 1.29 is 14.7 Å². The standard InChI is InChI=1S/C15H25N3O3/c1-2-15(13(19)20)6-8-18(10-15)14(21)16-11-5-7-17(9-11)12-3-4-12/h11-12H,2-10H2,1H3,(H,16,21)(H,19,20). The molecule has 21 heavy (non-hydrogen) atoms. The second kappa shape index (κ2) is 5.48. The van der Waals surface area contributed by atoms with E-state index in [1.165, 1.54) is 12.8 Å². The molecule has 3 aliphatic rings. The van der Waals surface area contributed by atoms with E-state index in [1.807, 2.05) is 6.92 Å². The Morgan fingerprint density at radius 1 is 1.29 bits per heavy atom. The number of carboxylic acids is 1. The highest BCUT2D eigenvalue weighted by atomic mass is 16.4. The summed E-state index contributed by atoms with van der Waals surface area (Å²) < 4.78 is 0. The van der Waals surface area contributed by atoms with Crippen molar-refractivity contribution in [3.8, 4) is 0 Å². The van der Waals surface area contributed by atoms with Crippen molar-refractivity contribution in [1.29, 1.82) is 0 Å². The molecule has 3 rings (SSSR count). The van der Waals surface area contributed by atoms with Crippen molar-refractivity contribution in [2.45, 2.75) is 51.1 Å². The molecule has 6 nitrogen and oxygen atoms in total. The van der Waals surface area contributed by atoms with Gasteiger partial charge in [-0.15, -0.1) is 0 Å². The van der Waals surface area contributed by atoms with Gasteiger partial charge in [0.1, 0.15) is 0 Å². The molecule has 0 aromatic heterocycles. The van der Waals surface area contributed by atoms with Gasteiger partial charge in [0.15, 0.2) is 0 Å². The number of carbonyl (C=O) groups is 2. The molecule has 2 heterocycles. The van der Waals surface area contributed by atoms with Gasteiger partial charge in [-0.1, -0.05) is 6.92 Å². The first-order chi connectivity index (χ1) is 10.0. The van der Waals surface area contributed by atoms with Crippen LogP contribution in [-0.2, 0) is 4.79 Å². The zero-order chi connectivity index (χ0) is 15.0. The molecule has 0 bridgehead atoms. The number of amides is 2. The van der Waals surface area contributed by atoms with E-state index < -0.39 is 11.4 Å². The van der Waals surface area contributed by atoms with Gasteiger partial charge in [-0.05, 0) is 32.1 Å². The number of likely N-dealkylation sites (tertiary alicyclic amines) is 2. The molecule has 2 unspecified atom stereocenters. The maximum Gasteiger partial charge on any atom is 0.317 e. The number of aliphatic carboxylic acids is 1. The number of urea groups is 1. The average molecular weight is 295 g/mol. The Morgan fingerprint density at radius 2 is 2.05 bits per heavy atom. The van der Waals surface area contributed by atoms with Gasteiger partial charge in [0.25, 0.3) is 0 Å². The fraction of sp³-hybridized carbons (Fsp3) is 0.867. The van der Waals surface area contributed by atoms with Gasteiger partial charge in [0.2, 0.25) is 0 Å². The maximum absolute atomic E-state index is 12.3. The summed E-state index contributed by atoms with van der Waals surface area (Å²) >= 11 is 0. The minimum Gasteiger partial charge on any atom is -0.481 e. The Balaban J connectivity index is 1.51. The van der Waals surface area contributed by atoms with Crippen molar-refractivity contribution in [2.24, 2.45) is 5.41 Å². The van der Waals surface area contributed by atoms with Gasteiger partial charge >= 0.3 is 12.0 Å². The molecule has 0 aromatic rings. The third-order valence-electron chi connectivity index (χ3n) is 5.38. The summed E-state index contributed by atoms with van der Waals surface area (Å²) in [6.45, 7) is 4.79. The van der Waals surface area contributed by atoms with Gasteiger partial charge in [-0.25, -0.2) is 4.79 Å². The highest BCUT2D eigenvalue weighted by Crippen LogP contribution is 2.34. The summed E-state index contributed by atoms with van der Waals surface area (Å²) in [6, 6.07) is 0.882. The van der Waals surface area contributed by atoms with Gasteiger partial charge in [-0.3, -0.25) is 9.69 Å². The van der Waals surface area contributed by atoms with E-state index >= 15 is 0 Å². The van der Waals surface area contributed by atoms with Crippen LogP contribution in [0, 0.1) is 5.41 Å². The van der Waals surface area contributed by atoms with E-state index in [4.69, 9.17) is 0 Å². The second-order valence-electron chi connectivity index (χ2n) is 6.77. The number of hydrogen-bond donors (Lipinski definition) is 2. The Kier molecular flexibility index (Phi) is 3.82. The Labute approximate surface area is 125 Å². The first-order valence-corrected chi connectivity index (χ1v) is 8.07. The Morgan fingerprint density at radius 3 is 2.62 bits per heavy atom. The second-order valence-corrected chi connectivity index (χ2v) is 6.77. The molecule has 0 spiro atoms. The van der Waals surface area contributed by atoms with Crippen LogP contribution in [0.4, 0.5) is 4.79 Å². The predicted molar refractivity (Wildman–Crippen MR) is 78.1 cm³/mol. The largest absolute Gasteiger partial charge is 0.481 e. The van der Waals surface area contributed by atoms with Crippen molar-refractivity contribution in [2.75, 3.05) is 26.2 Å². The minimum atomic E-state index is -0.777. The van der Waals surface area contributed by atoms with Gasteiger partial charge in [0, 0.05) is 38.3 Å². The molecule has 6 heteroatoms. The lowest BCUT2D eigenvalue weighted by Crippen LogP contribution is -2.46. The van der Waals surface area contributed by atoms with Crippen LogP contribution in [0.25, 0.3) is 0 Å². The first kappa shape index (κ1) is 14.6. The van der Waals surface area contributed by atoms with E-state index in [1.54, 1.807) is 4.90 Å². The highest BCUT2D eigenvalue weighted by molar-refractivity contribution is 5.79. The zero-order valence-electron chi connectivity index (χ0n) is 12.7. The molecule has 1 aliphatic carbocycles. The number of nitrogens with zero attached hydrogens (tertiary/aromatic N) is 2. The molecular weight excluding hydrogens is 270 g/mol. The molecule has 1 saturated carbocycles. The summed E-state index contributed by atoms with van der Waals surface area (Å²) in [7, 11) is 0. The molecule has 2 atom stereocenters. The lowest BCUT2D eigenvalue weighted by molar-refractivity contribution is -0.148. The Hall–Kier alpha value is -1.30. The molecule has 0 aromatic carbocycles. The molecule has 118 valence electrons. The lowest BCUT2D eigenvalue weighted by atomic mass is 9.84. The van der Waals surface area contributed by atoms with Gasteiger partial charge < -0.3 is 15.3 Å². The predicted octanol–water partition coefficient (Wildman–Crippen LogP) is 1.12. The normalized spacial score (nSPS) is 33.4. The van der Waals surface area contributed by atoms with Crippen LogP contribution in [0.5, 0.6) is 0 Å². The van der Waals surface area contributed by atoms with Crippen LogP contribution < -0.4 is 5.32 Å². The van der Waals surface area contributed by atoms with Crippen molar-refractivity contribution in [3.05, 3.63) is 0 Å². The van der Waals surface area contributed by atoms with E-state index in [2.05, 4.69) is 10.2 Å². The van der Waals surface area contributed by atoms with E-state index in [-0.39, 0.29) is 12.1 Å². The van der Waals surface area contributed by atoms with Gasteiger partial charge in [-0.2, -0.15) is 0 Å². The van der Waals surface area contributed by atoms with Crippen LogP contribution in [0.15, 0.2) is 0 Å². The van der Waals surface area contributed by atoms with Crippen molar-refractivity contribution >= 4 is 12.0 Å². The summed E-state index contributed by atoms with van der Waals surface area (Å²) in [5.41, 5.74) is -0.743. The van der Waals surface area contributed by atoms with Gasteiger partial charge in [0.05, 0.1) is 5.41 Å². The third kappa shape index (κ3) is 2.86. The lowest BCUT2D eigenvalue weighted by Gasteiger charge is -2.24. The molecular formula is C15H25N3O3. The fourth-order valence-electron chi connectivity index (χ4n) is 3.60. The first-order valence-electron chi connectivity index (χ1n) is 8.07. The maximum atomic E-state index is 12.3. The van der Waals surface area contributed by atoms with E-state index in [9.17, 15) is 14.7 Å². The fourth-order valence-corrected chi connectivity index (χ4v) is 3.60. The number of rotatable bonds is 4. The molecule has 2 amide bonds. The van der Waals surface area contributed by atoms with Crippen LogP contribution in [-0.4, -0.2) is 65.2 Å². The number of nitrogens with one attached hydrogen (secondary N) is 1. The molecule has 2 aliphatic heterocycles. The molecule has 0 radical (unpaired) electrons. The van der Waals surface area contributed by atoms with E-state index in [0.717, 1.165) is 25.6 Å². The van der Waals surface area contributed by atoms with Crippen LogP contribution in [0.1, 0.15) is 39.0 Å². The van der Waals surface area contributed by atoms with E-state index in [0.29, 0.717) is 25.9 Å². The summed E-state index contributed by atoms with van der Waals surface area (Å²) in [5, 5.41) is 12.5. The Bertz CT molecular complexity index is 438. The third-order valence-corrected chi connectivity index (χ3v) is 5.38.